The van der Waals surface area contributed by atoms with E-state index in [1.165, 1.54) is 76.7 Å². The van der Waals surface area contributed by atoms with Crippen LogP contribution in [0.4, 0.5) is 0 Å². The summed E-state index contributed by atoms with van der Waals surface area (Å²) in [5, 5.41) is 2.02. The van der Waals surface area contributed by atoms with Crippen molar-refractivity contribution in [2.24, 2.45) is 5.92 Å². The van der Waals surface area contributed by atoms with Gasteiger partial charge in [-0.3, -0.25) is 4.98 Å². The van der Waals surface area contributed by atoms with E-state index in [0.29, 0.717) is 23.5 Å². The number of nitrogens with zero attached hydrogens (tertiary/aromatic N) is 4. The van der Waals surface area contributed by atoms with Crippen molar-refractivity contribution >= 4 is 50.8 Å². The molecular weight excluding hydrogens is 1070 g/mol. The van der Waals surface area contributed by atoms with Crippen LogP contribution >= 0.6 is 0 Å². The molecule has 10 rings (SSSR count). The first-order chi connectivity index (χ1) is 32.2. The maximum absolute atomic E-state index is 6.44. The minimum Gasteiger partial charge on any atom is -0.486 e. The molecule has 5 nitrogen and oxygen atoms in total. The number of hydrogen-bond acceptors (Lipinski definition) is 4. The van der Waals surface area contributed by atoms with E-state index in [0.717, 1.165) is 62.5 Å². The number of aromatic nitrogens is 4. The van der Waals surface area contributed by atoms with Gasteiger partial charge in [0.25, 0.3) is 0 Å². The number of pyridine rings is 2. The third kappa shape index (κ3) is 10.3. The number of aryl methyl sites for hydroxylation is 1. The number of fused-ring (bicyclic) bond motifs is 4. The van der Waals surface area contributed by atoms with Gasteiger partial charge in [-0.25, -0.2) is 4.98 Å². The molecule has 0 spiro atoms. The number of furan rings is 1. The van der Waals surface area contributed by atoms with Gasteiger partial charge in [0.2, 0.25) is 5.71 Å². The van der Waals surface area contributed by atoms with Crippen molar-refractivity contribution in [1.29, 1.82) is 0 Å². The number of rotatable bonds is 10. The maximum Gasteiger partial charge on any atom is 0.216 e. The van der Waals surface area contributed by atoms with Crippen LogP contribution in [0, 0.1) is 25.0 Å². The van der Waals surface area contributed by atoms with Crippen molar-refractivity contribution in [3.8, 4) is 39.5 Å². The topological polar surface area (TPSA) is 56.7 Å². The molecule has 351 valence electrons. The fourth-order valence-electron chi connectivity index (χ4n) is 10.2. The summed E-state index contributed by atoms with van der Waals surface area (Å²) in [5.74, 6) is 10.2. The Bertz CT molecular complexity index is 3160. The molecule has 1 saturated carbocycles. The van der Waals surface area contributed by atoms with Crippen LogP contribution < -0.4 is 4.40 Å². The summed E-state index contributed by atoms with van der Waals surface area (Å²) in [5.41, 5.74) is 16.7. The average Bonchev–Trinajstić information content (AvgIpc) is 3.89. The molecule has 0 atom stereocenters. The predicted molar refractivity (Wildman–Crippen MR) is 285 cm³/mol. The molecule has 4 heterocycles. The van der Waals surface area contributed by atoms with Crippen LogP contribution in [0.3, 0.4) is 0 Å². The normalized spacial score (nSPS) is 13.4. The van der Waals surface area contributed by atoms with Crippen molar-refractivity contribution in [1.82, 2.24) is 19.5 Å². The van der Waals surface area contributed by atoms with Gasteiger partial charge in [-0.15, -0.1) is 18.2 Å². The summed E-state index contributed by atoms with van der Waals surface area (Å²) < 4.78 is 10.3. The molecule has 5 aromatic carbocycles. The third-order valence-corrected chi connectivity index (χ3v) is 17.9. The quantitative estimate of drug-likeness (QED) is 0.101. The van der Waals surface area contributed by atoms with E-state index in [1.54, 1.807) is 4.40 Å². The van der Waals surface area contributed by atoms with Crippen LogP contribution in [-0.4, -0.2) is 32.8 Å². The molecule has 4 aromatic heterocycles. The molecule has 9 aromatic rings. The first kappa shape index (κ1) is 49.3. The number of hydrogen-bond donors (Lipinski definition) is 0. The number of imidazole rings is 1. The monoisotopic (exact) mass is 1140 g/mol. The van der Waals surface area contributed by atoms with Crippen LogP contribution in [0.1, 0.15) is 119 Å². The SMILES string of the molecule is CC(C)Cc1cc(-c2[c-]ccc(C3CCCCC3)c2)nc[c]1[Ge]([CH3])([CH3])[CH3].Cc1ccc2c(n1)oc1c(-c3nc4ccccc4n3-c3c(C(C)C)cc(-c4ccccc4)cc3C(C)C)[c-]ccc12.[Ir]. The molecule has 7 heteroatoms. The summed E-state index contributed by atoms with van der Waals surface area (Å²) >= 11 is -1.91. The molecule has 0 aliphatic heterocycles. The van der Waals surface area contributed by atoms with Gasteiger partial charge < -0.3 is 8.98 Å². The Morgan fingerprint density at radius 3 is 2.10 bits per heavy atom. The molecule has 68 heavy (non-hydrogen) atoms. The Labute approximate surface area is 421 Å². The smallest absolute Gasteiger partial charge is 0.216 e. The Morgan fingerprint density at radius 2 is 1.41 bits per heavy atom. The van der Waals surface area contributed by atoms with Gasteiger partial charge in [-0.1, -0.05) is 81.1 Å². The molecule has 0 N–H and O–H groups in total. The van der Waals surface area contributed by atoms with Crippen molar-refractivity contribution in [2.75, 3.05) is 0 Å². The Hall–Kier alpha value is -5.14. The van der Waals surface area contributed by atoms with Gasteiger partial charge in [0.15, 0.2) is 0 Å². The summed E-state index contributed by atoms with van der Waals surface area (Å²) in [6.45, 7) is 15.7. The Morgan fingerprint density at radius 1 is 0.721 bits per heavy atom. The molecule has 1 aliphatic rings. The second-order valence-electron chi connectivity index (χ2n) is 20.9. The van der Waals surface area contributed by atoms with Gasteiger partial charge in [0, 0.05) is 36.9 Å². The zero-order chi connectivity index (χ0) is 47.0. The van der Waals surface area contributed by atoms with Gasteiger partial charge in [0.05, 0.1) is 22.4 Å². The second-order valence-corrected chi connectivity index (χ2v) is 31.5. The van der Waals surface area contributed by atoms with Gasteiger partial charge >= 0.3 is 163 Å². The van der Waals surface area contributed by atoms with E-state index >= 15 is 0 Å². The van der Waals surface area contributed by atoms with Crippen LogP contribution in [-0.2, 0) is 26.5 Å². The van der Waals surface area contributed by atoms with Crippen molar-refractivity contribution < 1.29 is 24.5 Å². The molecule has 0 unspecified atom stereocenters. The minimum atomic E-state index is -1.91. The van der Waals surface area contributed by atoms with Gasteiger partial charge in [0.1, 0.15) is 0 Å². The summed E-state index contributed by atoms with van der Waals surface area (Å²) in [6, 6.07) is 48.0. The molecule has 0 bridgehead atoms. The zero-order valence-corrected chi connectivity index (χ0v) is 46.1. The Kier molecular flexibility index (Phi) is 15.1. The fourth-order valence-corrected chi connectivity index (χ4v) is 13.5. The minimum absolute atomic E-state index is 0. The van der Waals surface area contributed by atoms with Crippen molar-refractivity contribution in [3.05, 3.63) is 162 Å². The Balaban J connectivity index is 0.000000201. The third-order valence-electron chi connectivity index (χ3n) is 13.6. The summed E-state index contributed by atoms with van der Waals surface area (Å²) in [7, 11) is 0. The van der Waals surface area contributed by atoms with Crippen LogP contribution in [0.15, 0.2) is 126 Å². The molecule has 0 amide bonds. The van der Waals surface area contributed by atoms with Crippen LogP contribution in [0.25, 0.3) is 72.6 Å². The molecule has 0 saturated heterocycles. The van der Waals surface area contributed by atoms with Crippen molar-refractivity contribution in [2.45, 2.75) is 122 Å². The van der Waals surface area contributed by atoms with E-state index in [9.17, 15) is 0 Å². The van der Waals surface area contributed by atoms with E-state index in [4.69, 9.17) is 14.4 Å². The van der Waals surface area contributed by atoms with E-state index in [2.05, 4.69) is 184 Å². The van der Waals surface area contributed by atoms with E-state index in [-0.39, 0.29) is 20.1 Å². The fraction of sp³-hybridized carbons (Fsp3) is 0.328. The zero-order valence-electron chi connectivity index (χ0n) is 41.6. The largest absolute Gasteiger partial charge is 0.486 e. The molecule has 1 radical (unpaired) electrons. The maximum atomic E-state index is 6.44. The summed E-state index contributed by atoms with van der Waals surface area (Å²) in [6.07, 6.45) is 10.2. The molecule has 1 aliphatic carbocycles. The van der Waals surface area contributed by atoms with Gasteiger partial charge in [-0.2, -0.15) is 0 Å². The number of benzene rings is 5. The predicted octanol–water partition coefficient (Wildman–Crippen LogP) is 16.3. The second kappa shape index (κ2) is 20.8. The molecular formula is C61H66GeIrN4O-2. The van der Waals surface area contributed by atoms with Crippen LogP contribution in [0.5, 0.6) is 0 Å². The number of para-hydroxylation sites is 2. The van der Waals surface area contributed by atoms with Crippen LogP contribution in [0.2, 0.25) is 17.3 Å². The van der Waals surface area contributed by atoms with E-state index in [1.807, 2.05) is 25.1 Å². The standard InChI is InChI=1S/C37H32N3O.C24H34GeN.Ir/c1-22(2)30-20-26(25-12-7-6-8-13-25)21-31(23(3)4)34(30)40-33-17-10-9-16-32(33)39-36(40)29-15-11-14-27-28-19-18-24(5)38-37(28)41-35(27)29;1-18(2)14-22-16-24(26-17-23(22)25(3,4)5)21-13-9-12-20(15-21)19-10-7-6-8-11-19;/h6-14,16-23H,1-5H3;9,12,15-19H,6-8,10-11,14H2,1-5H3;/q2*-1;. The first-order valence-corrected chi connectivity index (χ1v) is 32.0. The van der Waals surface area contributed by atoms with Crippen molar-refractivity contribution in [3.63, 3.8) is 0 Å². The average molecular weight is 1140 g/mol. The molecule has 1 fully saturated rings. The van der Waals surface area contributed by atoms with Gasteiger partial charge in [-0.05, 0) is 77.4 Å². The first-order valence-electron chi connectivity index (χ1n) is 24.7. The van der Waals surface area contributed by atoms with E-state index < -0.39 is 13.3 Å². The summed E-state index contributed by atoms with van der Waals surface area (Å²) in [4.78, 5) is 14.8.